The summed E-state index contributed by atoms with van der Waals surface area (Å²) in [4.78, 5) is 35.8. The van der Waals surface area contributed by atoms with Crippen molar-refractivity contribution >= 4 is 28.3 Å². The summed E-state index contributed by atoms with van der Waals surface area (Å²) in [6, 6.07) is 17.1. The molecule has 2 fully saturated rings. The molecular formula is C27H29N5O3S. The molecule has 0 aliphatic carbocycles. The summed E-state index contributed by atoms with van der Waals surface area (Å²) < 4.78 is 5.86. The summed E-state index contributed by atoms with van der Waals surface area (Å²) in [6.07, 6.45) is 3.55. The Labute approximate surface area is 214 Å². The van der Waals surface area contributed by atoms with Crippen molar-refractivity contribution in [2.24, 2.45) is 11.1 Å². The van der Waals surface area contributed by atoms with Gasteiger partial charge in [-0.2, -0.15) is 0 Å². The molecule has 2 N–H and O–H groups in total. The number of primary amides is 1. The Morgan fingerprint density at radius 1 is 1.06 bits per heavy atom. The van der Waals surface area contributed by atoms with Crippen molar-refractivity contribution in [1.29, 1.82) is 0 Å². The number of hydrogen-bond donors (Lipinski definition) is 1. The molecule has 2 aromatic carbocycles. The van der Waals surface area contributed by atoms with Gasteiger partial charge in [-0.05, 0) is 50.5 Å². The second-order valence-corrected chi connectivity index (χ2v) is 10.7. The number of ether oxygens (including phenoxy) is 1. The minimum atomic E-state index is -0.487. The summed E-state index contributed by atoms with van der Waals surface area (Å²) in [5, 5.41) is 0.782. The van der Waals surface area contributed by atoms with Crippen molar-refractivity contribution < 1.29 is 14.3 Å². The number of rotatable bonds is 8. The normalized spacial score (nSPS) is 16.3. The lowest BCUT2D eigenvalue weighted by atomic mass is 9.73. The van der Waals surface area contributed by atoms with Gasteiger partial charge < -0.3 is 25.2 Å². The summed E-state index contributed by atoms with van der Waals surface area (Å²) in [5.74, 6) is 1.03. The molecule has 9 heteroatoms. The number of hydrogen-bond acceptors (Lipinski definition) is 7. The summed E-state index contributed by atoms with van der Waals surface area (Å²) in [7, 11) is 3.94. The van der Waals surface area contributed by atoms with E-state index in [-0.39, 0.29) is 11.3 Å². The standard InChI is InChI=1S/C27H29N5O3S/c1-30(2)14-6-9-22(33)31-15-27(16-31)17-32(18-27)26-29-23(24(36-26)25(28)34)19-10-12-21(13-11-19)35-20-7-4-3-5-8-20/h3-13H,14-18H2,1-2H3,(H2,28,34). The second-order valence-electron chi connectivity index (χ2n) is 9.69. The number of carbonyl (C=O) groups excluding carboxylic acids is 2. The summed E-state index contributed by atoms with van der Waals surface area (Å²) in [5.41, 5.74) is 7.20. The van der Waals surface area contributed by atoms with Crippen molar-refractivity contribution in [2.45, 2.75) is 0 Å². The minimum Gasteiger partial charge on any atom is -0.457 e. The van der Waals surface area contributed by atoms with E-state index in [9.17, 15) is 9.59 Å². The Morgan fingerprint density at radius 2 is 1.72 bits per heavy atom. The number of nitrogens with zero attached hydrogens (tertiary/aromatic N) is 4. The third-order valence-corrected chi connectivity index (χ3v) is 7.50. The number of likely N-dealkylation sites (N-methyl/N-ethyl adjacent to an activating group) is 1. The van der Waals surface area contributed by atoms with Crippen LogP contribution in [0.1, 0.15) is 9.67 Å². The highest BCUT2D eigenvalue weighted by Crippen LogP contribution is 2.44. The molecular weight excluding hydrogens is 474 g/mol. The van der Waals surface area contributed by atoms with Gasteiger partial charge in [0.2, 0.25) is 5.91 Å². The fourth-order valence-electron chi connectivity index (χ4n) is 4.60. The van der Waals surface area contributed by atoms with Gasteiger partial charge in [0, 0.05) is 49.8 Å². The van der Waals surface area contributed by atoms with Crippen molar-refractivity contribution in [2.75, 3.05) is 51.7 Å². The molecule has 2 aliphatic rings. The molecule has 5 rings (SSSR count). The number of anilines is 1. The molecule has 36 heavy (non-hydrogen) atoms. The first-order chi connectivity index (χ1) is 17.3. The Morgan fingerprint density at radius 3 is 2.36 bits per heavy atom. The van der Waals surface area contributed by atoms with Crippen LogP contribution in [0.3, 0.4) is 0 Å². The molecule has 0 bridgehead atoms. The second kappa shape index (κ2) is 9.75. The van der Waals surface area contributed by atoms with Crippen LogP contribution in [-0.2, 0) is 4.79 Å². The fraction of sp³-hybridized carbons (Fsp3) is 0.296. The molecule has 0 radical (unpaired) electrons. The maximum atomic E-state index is 12.3. The first-order valence-corrected chi connectivity index (χ1v) is 12.6. The Bertz CT molecular complexity index is 1270. The molecule has 8 nitrogen and oxygen atoms in total. The predicted octanol–water partition coefficient (Wildman–Crippen LogP) is 3.47. The van der Waals surface area contributed by atoms with E-state index in [4.69, 9.17) is 15.5 Å². The number of carbonyl (C=O) groups is 2. The summed E-state index contributed by atoms with van der Waals surface area (Å²) in [6.45, 7) is 3.87. The average Bonchev–Trinajstić information content (AvgIpc) is 3.24. The fourth-order valence-corrected chi connectivity index (χ4v) is 5.54. The molecule has 2 aliphatic heterocycles. The average molecular weight is 504 g/mol. The predicted molar refractivity (Wildman–Crippen MR) is 142 cm³/mol. The van der Waals surface area contributed by atoms with Gasteiger partial charge in [0.15, 0.2) is 5.13 Å². The topological polar surface area (TPSA) is 92.0 Å². The molecule has 3 heterocycles. The smallest absolute Gasteiger partial charge is 0.261 e. The molecule has 1 aromatic heterocycles. The molecule has 2 saturated heterocycles. The Kier molecular flexibility index (Phi) is 6.51. The van der Waals surface area contributed by atoms with Gasteiger partial charge in [-0.25, -0.2) is 4.98 Å². The molecule has 2 amide bonds. The molecule has 1 spiro atoms. The van der Waals surface area contributed by atoms with Crippen molar-refractivity contribution in [1.82, 2.24) is 14.8 Å². The highest BCUT2D eigenvalue weighted by molar-refractivity contribution is 7.18. The first kappa shape index (κ1) is 24.0. The molecule has 3 aromatic rings. The van der Waals surface area contributed by atoms with E-state index in [0.29, 0.717) is 16.3 Å². The SMILES string of the molecule is CN(C)CC=CC(=O)N1CC2(C1)CN(c1nc(-c3ccc(Oc4ccccc4)cc3)c(C(N)=O)s1)C2. The summed E-state index contributed by atoms with van der Waals surface area (Å²) >= 11 is 1.32. The zero-order valence-electron chi connectivity index (χ0n) is 20.4. The largest absolute Gasteiger partial charge is 0.457 e. The number of aromatic nitrogens is 1. The van der Waals surface area contributed by atoms with Crippen LogP contribution in [0.15, 0.2) is 66.7 Å². The molecule has 0 atom stereocenters. The lowest BCUT2D eigenvalue weighted by molar-refractivity contribution is -0.139. The van der Waals surface area contributed by atoms with Crippen LogP contribution in [0.5, 0.6) is 11.5 Å². The van der Waals surface area contributed by atoms with Gasteiger partial charge in [0.25, 0.3) is 5.91 Å². The quantitative estimate of drug-likeness (QED) is 0.474. The highest BCUT2D eigenvalue weighted by atomic mass is 32.1. The van der Waals surface area contributed by atoms with E-state index in [1.165, 1.54) is 11.3 Å². The third kappa shape index (κ3) is 4.98. The lowest BCUT2D eigenvalue weighted by Gasteiger charge is -2.60. The number of likely N-dealkylation sites (tertiary alicyclic amines) is 1. The minimum absolute atomic E-state index is 0.0631. The zero-order valence-corrected chi connectivity index (χ0v) is 21.2. The number of thiazole rings is 1. The molecule has 0 unspecified atom stereocenters. The van der Waals surface area contributed by atoms with Crippen LogP contribution in [0.4, 0.5) is 5.13 Å². The Balaban J connectivity index is 1.22. The van der Waals surface area contributed by atoms with Gasteiger partial charge in [-0.15, -0.1) is 0 Å². The van der Waals surface area contributed by atoms with E-state index in [1.807, 2.05) is 84.6 Å². The monoisotopic (exact) mass is 503 g/mol. The van der Waals surface area contributed by atoms with Crippen LogP contribution in [0.25, 0.3) is 11.3 Å². The van der Waals surface area contributed by atoms with Crippen LogP contribution in [0.2, 0.25) is 0 Å². The van der Waals surface area contributed by atoms with Gasteiger partial charge in [0.1, 0.15) is 16.4 Å². The van der Waals surface area contributed by atoms with E-state index >= 15 is 0 Å². The van der Waals surface area contributed by atoms with Crippen molar-refractivity contribution in [3.05, 3.63) is 71.6 Å². The van der Waals surface area contributed by atoms with Crippen LogP contribution in [-0.4, -0.2) is 73.4 Å². The zero-order chi connectivity index (χ0) is 25.3. The van der Waals surface area contributed by atoms with Gasteiger partial charge in [-0.1, -0.05) is 35.6 Å². The first-order valence-electron chi connectivity index (χ1n) is 11.8. The van der Waals surface area contributed by atoms with E-state index < -0.39 is 5.91 Å². The van der Waals surface area contributed by atoms with E-state index in [2.05, 4.69) is 4.90 Å². The van der Waals surface area contributed by atoms with Crippen molar-refractivity contribution in [3.8, 4) is 22.8 Å². The molecule has 186 valence electrons. The number of amides is 2. The van der Waals surface area contributed by atoms with Crippen molar-refractivity contribution in [3.63, 3.8) is 0 Å². The maximum absolute atomic E-state index is 12.3. The highest BCUT2D eigenvalue weighted by Gasteiger charge is 2.53. The van der Waals surface area contributed by atoms with Gasteiger partial charge in [0.05, 0.1) is 5.69 Å². The van der Waals surface area contributed by atoms with Crippen LogP contribution < -0.4 is 15.4 Å². The van der Waals surface area contributed by atoms with Crippen LogP contribution in [0, 0.1) is 5.41 Å². The Hall–Kier alpha value is -3.69. The van der Waals surface area contributed by atoms with E-state index in [0.717, 1.165) is 49.2 Å². The van der Waals surface area contributed by atoms with Gasteiger partial charge >= 0.3 is 0 Å². The van der Waals surface area contributed by atoms with E-state index in [1.54, 1.807) is 6.08 Å². The number of benzene rings is 2. The number of nitrogens with two attached hydrogens (primary N) is 1. The third-order valence-electron chi connectivity index (χ3n) is 6.36. The lowest BCUT2D eigenvalue weighted by Crippen LogP contribution is -2.73. The number of para-hydroxylation sites is 1. The van der Waals surface area contributed by atoms with Crippen LogP contribution >= 0.6 is 11.3 Å². The maximum Gasteiger partial charge on any atom is 0.261 e. The van der Waals surface area contributed by atoms with Gasteiger partial charge in [-0.3, -0.25) is 9.59 Å². The molecule has 0 saturated carbocycles.